The van der Waals surface area contributed by atoms with E-state index in [0.717, 1.165) is 0 Å². The van der Waals surface area contributed by atoms with Gasteiger partial charge in [0, 0.05) is 18.2 Å². The molecule has 0 radical (unpaired) electrons. The number of amides is 1. The first-order valence-corrected chi connectivity index (χ1v) is 6.83. The second kappa shape index (κ2) is 6.07. The van der Waals surface area contributed by atoms with Crippen LogP contribution in [-0.4, -0.2) is 12.7 Å². The van der Waals surface area contributed by atoms with Crippen LogP contribution < -0.4 is 14.8 Å². The molecule has 112 valence electrons. The average Bonchev–Trinajstić information content (AvgIpc) is 2.93. The fourth-order valence-corrected chi connectivity index (χ4v) is 2.17. The van der Waals surface area contributed by atoms with Gasteiger partial charge in [-0.2, -0.15) is 0 Å². The number of ether oxygens (including phenoxy) is 2. The van der Waals surface area contributed by atoms with Gasteiger partial charge in [0.15, 0.2) is 11.5 Å². The summed E-state index contributed by atoms with van der Waals surface area (Å²) >= 11 is 6.07. The SMILES string of the molecule is O=C(/C=C/c1cccc(F)c1)Nc1cc2c(cc1Cl)OCO2. The van der Waals surface area contributed by atoms with Crippen molar-refractivity contribution in [1.82, 2.24) is 0 Å². The number of hydrogen-bond acceptors (Lipinski definition) is 3. The summed E-state index contributed by atoms with van der Waals surface area (Å²) in [4.78, 5) is 11.9. The van der Waals surface area contributed by atoms with Crippen LogP contribution in [0.3, 0.4) is 0 Å². The highest BCUT2D eigenvalue weighted by molar-refractivity contribution is 6.34. The number of carbonyl (C=O) groups is 1. The summed E-state index contributed by atoms with van der Waals surface area (Å²) in [6.45, 7) is 0.128. The van der Waals surface area contributed by atoms with Gasteiger partial charge in [0.2, 0.25) is 12.7 Å². The van der Waals surface area contributed by atoms with Crippen molar-refractivity contribution in [2.24, 2.45) is 0 Å². The van der Waals surface area contributed by atoms with Crippen LogP contribution in [-0.2, 0) is 4.79 Å². The molecular formula is C16H11ClFNO3. The molecule has 1 amide bonds. The minimum absolute atomic E-state index is 0.128. The standard InChI is InChI=1S/C16H11ClFNO3/c17-12-7-14-15(22-9-21-14)8-13(12)19-16(20)5-4-10-2-1-3-11(18)6-10/h1-8H,9H2,(H,19,20)/b5-4+. The van der Waals surface area contributed by atoms with Crippen molar-refractivity contribution in [1.29, 1.82) is 0 Å². The van der Waals surface area contributed by atoms with Gasteiger partial charge in [-0.05, 0) is 23.8 Å². The summed E-state index contributed by atoms with van der Waals surface area (Å²) in [6.07, 6.45) is 2.81. The third-order valence-electron chi connectivity index (χ3n) is 3.00. The first kappa shape index (κ1) is 14.4. The van der Waals surface area contributed by atoms with E-state index in [1.165, 1.54) is 24.3 Å². The third-order valence-corrected chi connectivity index (χ3v) is 3.31. The molecule has 0 atom stereocenters. The quantitative estimate of drug-likeness (QED) is 0.874. The Bertz CT molecular complexity index is 761. The van der Waals surface area contributed by atoms with Crippen LogP contribution in [0.5, 0.6) is 11.5 Å². The molecule has 1 aliphatic rings. The van der Waals surface area contributed by atoms with Crippen molar-refractivity contribution in [3.8, 4) is 11.5 Å². The van der Waals surface area contributed by atoms with E-state index in [4.69, 9.17) is 21.1 Å². The normalized spacial score (nSPS) is 12.6. The zero-order valence-electron chi connectivity index (χ0n) is 11.3. The van der Waals surface area contributed by atoms with E-state index in [1.807, 2.05) is 0 Å². The monoisotopic (exact) mass is 319 g/mol. The molecule has 0 unspecified atom stereocenters. The molecule has 2 aromatic rings. The fourth-order valence-electron chi connectivity index (χ4n) is 1.97. The van der Waals surface area contributed by atoms with Gasteiger partial charge in [0.05, 0.1) is 10.7 Å². The van der Waals surface area contributed by atoms with E-state index in [2.05, 4.69) is 5.32 Å². The zero-order chi connectivity index (χ0) is 15.5. The smallest absolute Gasteiger partial charge is 0.248 e. The molecule has 0 bridgehead atoms. The van der Waals surface area contributed by atoms with Crippen LogP contribution in [0, 0.1) is 5.82 Å². The maximum atomic E-state index is 13.0. The Balaban J connectivity index is 1.72. The Morgan fingerprint density at radius 3 is 2.77 bits per heavy atom. The number of nitrogens with one attached hydrogen (secondary N) is 1. The molecule has 6 heteroatoms. The van der Waals surface area contributed by atoms with Crippen molar-refractivity contribution in [3.05, 3.63) is 58.9 Å². The second-order valence-electron chi connectivity index (χ2n) is 4.56. The minimum Gasteiger partial charge on any atom is -0.454 e. The second-order valence-corrected chi connectivity index (χ2v) is 4.97. The van der Waals surface area contributed by atoms with E-state index in [0.29, 0.717) is 27.8 Å². The Hall–Kier alpha value is -2.53. The maximum Gasteiger partial charge on any atom is 0.248 e. The Kier molecular flexibility index (Phi) is 3.98. The van der Waals surface area contributed by atoms with Gasteiger partial charge >= 0.3 is 0 Å². The highest BCUT2D eigenvalue weighted by Crippen LogP contribution is 2.39. The molecule has 1 N–H and O–H groups in total. The number of fused-ring (bicyclic) bond motifs is 1. The van der Waals surface area contributed by atoms with Gasteiger partial charge < -0.3 is 14.8 Å². The molecule has 0 saturated carbocycles. The van der Waals surface area contributed by atoms with Crippen LogP contribution >= 0.6 is 11.6 Å². The highest BCUT2D eigenvalue weighted by atomic mass is 35.5. The summed E-state index contributed by atoms with van der Waals surface area (Å²) in [6, 6.07) is 9.11. The summed E-state index contributed by atoms with van der Waals surface area (Å²) in [5, 5.41) is 2.98. The summed E-state index contributed by atoms with van der Waals surface area (Å²) in [5.41, 5.74) is 1.01. The number of carbonyl (C=O) groups excluding carboxylic acids is 1. The first-order valence-electron chi connectivity index (χ1n) is 6.45. The number of halogens is 2. The van der Waals surface area contributed by atoms with Crippen molar-refractivity contribution in [3.63, 3.8) is 0 Å². The van der Waals surface area contributed by atoms with Gasteiger partial charge in [0.25, 0.3) is 0 Å². The van der Waals surface area contributed by atoms with Crippen molar-refractivity contribution in [2.45, 2.75) is 0 Å². The maximum absolute atomic E-state index is 13.0. The van der Waals surface area contributed by atoms with Crippen molar-refractivity contribution in [2.75, 3.05) is 12.1 Å². The van der Waals surface area contributed by atoms with Gasteiger partial charge in [-0.1, -0.05) is 23.7 Å². The largest absolute Gasteiger partial charge is 0.454 e. The minimum atomic E-state index is -0.384. The molecule has 4 nitrogen and oxygen atoms in total. The lowest BCUT2D eigenvalue weighted by Gasteiger charge is -2.06. The van der Waals surface area contributed by atoms with E-state index in [1.54, 1.807) is 24.3 Å². The molecule has 0 aliphatic carbocycles. The Morgan fingerprint density at radius 1 is 1.23 bits per heavy atom. The predicted octanol–water partition coefficient (Wildman–Crippen LogP) is 3.86. The molecule has 0 saturated heterocycles. The summed E-state index contributed by atoms with van der Waals surface area (Å²) in [5.74, 6) is 0.318. The molecule has 0 spiro atoms. The molecule has 0 aromatic heterocycles. The lowest BCUT2D eigenvalue weighted by Crippen LogP contribution is -2.08. The summed E-state index contributed by atoms with van der Waals surface area (Å²) in [7, 11) is 0. The van der Waals surface area contributed by atoms with Crippen LogP contribution in [0.25, 0.3) is 6.08 Å². The van der Waals surface area contributed by atoms with Crippen LogP contribution in [0.4, 0.5) is 10.1 Å². The predicted molar refractivity (Wildman–Crippen MR) is 81.6 cm³/mol. The third kappa shape index (κ3) is 3.20. The van der Waals surface area contributed by atoms with E-state index in [-0.39, 0.29) is 18.5 Å². The number of benzene rings is 2. The number of rotatable bonds is 3. The average molecular weight is 320 g/mol. The van der Waals surface area contributed by atoms with Gasteiger partial charge in [-0.3, -0.25) is 4.79 Å². The number of hydrogen-bond donors (Lipinski definition) is 1. The topological polar surface area (TPSA) is 47.6 Å². The van der Waals surface area contributed by atoms with Gasteiger partial charge in [0.1, 0.15) is 5.82 Å². The Labute approximate surface area is 131 Å². The van der Waals surface area contributed by atoms with E-state index in [9.17, 15) is 9.18 Å². The van der Waals surface area contributed by atoms with E-state index < -0.39 is 0 Å². The van der Waals surface area contributed by atoms with Crippen LogP contribution in [0.1, 0.15) is 5.56 Å². The first-order chi connectivity index (χ1) is 10.6. The van der Waals surface area contributed by atoms with E-state index >= 15 is 0 Å². The molecule has 1 aliphatic heterocycles. The fraction of sp³-hybridized carbons (Fsp3) is 0.0625. The zero-order valence-corrected chi connectivity index (χ0v) is 12.1. The number of anilines is 1. The highest BCUT2D eigenvalue weighted by Gasteiger charge is 2.17. The van der Waals surface area contributed by atoms with Gasteiger partial charge in [-0.15, -0.1) is 0 Å². The van der Waals surface area contributed by atoms with Crippen molar-refractivity contribution >= 4 is 29.3 Å². The van der Waals surface area contributed by atoms with Crippen LogP contribution in [0.2, 0.25) is 5.02 Å². The molecule has 3 rings (SSSR count). The van der Waals surface area contributed by atoms with Crippen LogP contribution in [0.15, 0.2) is 42.5 Å². The molecule has 0 fully saturated rings. The Morgan fingerprint density at radius 2 is 2.00 bits per heavy atom. The van der Waals surface area contributed by atoms with Gasteiger partial charge in [-0.25, -0.2) is 4.39 Å². The molecule has 1 heterocycles. The van der Waals surface area contributed by atoms with Crippen molar-refractivity contribution < 1.29 is 18.7 Å². The lowest BCUT2D eigenvalue weighted by molar-refractivity contribution is -0.111. The molecule has 2 aromatic carbocycles. The molecular weight excluding hydrogens is 309 g/mol. The molecule has 22 heavy (non-hydrogen) atoms. The lowest BCUT2D eigenvalue weighted by atomic mass is 10.2. The summed E-state index contributed by atoms with van der Waals surface area (Å²) < 4.78 is 23.5.